The van der Waals surface area contributed by atoms with Gasteiger partial charge in [0.05, 0.1) is 6.04 Å². The van der Waals surface area contributed by atoms with Crippen LogP contribution in [0.2, 0.25) is 0 Å². The number of piperazine rings is 1. The molecule has 134 valence electrons. The molecule has 1 aromatic heterocycles. The van der Waals surface area contributed by atoms with Gasteiger partial charge in [-0.2, -0.15) is 0 Å². The lowest BCUT2D eigenvalue weighted by Gasteiger charge is -2.36. The van der Waals surface area contributed by atoms with Crippen molar-refractivity contribution in [3.8, 4) is 0 Å². The summed E-state index contributed by atoms with van der Waals surface area (Å²) in [6.45, 7) is 0.484. The van der Waals surface area contributed by atoms with E-state index in [1.54, 1.807) is 40.5 Å². The van der Waals surface area contributed by atoms with Gasteiger partial charge in [-0.25, -0.2) is 0 Å². The van der Waals surface area contributed by atoms with E-state index in [2.05, 4.69) is 10.6 Å². The first-order valence-electron chi connectivity index (χ1n) is 8.62. The summed E-state index contributed by atoms with van der Waals surface area (Å²) in [6, 6.07) is 11.3. The molecule has 0 radical (unpaired) electrons. The second-order valence-electron chi connectivity index (χ2n) is 6.56. The molecule has 2 N–H and O–H groups in total. The molecule has 2 fully saturated rings. The van der Waals surface area contributed by atoms with E-state index in [9.17, 15) is 14.4 Å². The lowest BCUT2D eigenvalue weighted by atomic mass is 10.0. The molecule has 6 nitrogen and oxygen atoms in total. The highest BCUT2D eigenvalue weighted by atomic mass is 32.1. The van der Waals surface area contributed by atoms with E-state index in [0.29, 0.717) is 24.9 Å². The third kappa shape index (κ3) is 3.10. The Morgan fingerprint density at radius 1 is 1.19 bits per heavy atom. The number of benzene rings is 1. The monoisotopic (exact) mass is 369 g/mol. The van der Waals surface area contributed by atoms with Crippen LogP contribution in [0.4, 0.5) is 0 Å². The first-order valence-corrected chi connectivity index (χ1v) is 9.50. The standard InChI is InChI=1S/C19H19N3O3S/c23-17(12-5-2-1-3-6-12)20-14-8-9-22-16(14)18(24)21-15(19(22)25)11-13-7-4-10-26-13/h1-7,10,14-16H,8-9,11H2,(H,20,23)(H,21,24). The van der Waals surface area contributed by atoms with E-state index in [4.69, 9.17) is 0 Å². The molecule has 3 amide bonds. The Balaban J connectivity index is 1.46. The quantitative estimate of drug-likeness (QED) is 0.850. The zero-order valence-corrected chi connectivity index (χ0v) is 14.9. The fourth-order valence-electron chi connectivity index (χ4n) is 3.64. The van der Waals surface area contributed by atoms with Crippen molar-refractivity contribution in [2.45, 2.75) is 31.0 Å². The molecule has 2 aliphatic heterocycles. The average molecular weight is 369 g/mol. The maximum absolute atomic E-state index is 12.8. The second-order valence-corrected chi connectivity index (χ2v) is 7.59. The minimum atomic E-state index is -0.630. The number of nitrogens with zero attached hydrogens (tertiary/aromatic N) is 1. The Morgan fingerprint density at radius 2 is 2.00 bits per heavy atom. The van der Waals surface area contributed by atoms with Gasteiger partial charge in [0.25, 0.3) is 5.91 Å². The predicted octanol–water partition coefficient (Wildman–Crippen LogP) is 1.19. The van der Waals surface area contributed by atoms with Gasteiger partial charge in [-0.1, -0.05) is 24.3 Å². The van der Waals surface area contributed by atoms with E-state index < -0.39 is 12.1 Å². The van der Waals surface area contributed by atoms with Crippen molar-refractivity contribution in [1.29, 1.82) is 0 Å². The van der Waals surface area contributed by atoms with E-state index in [-0.39, 0.29) is 23.8 Å². The molecule has 2 saturated heterocycles. The van der Waals surface area contributed by atoms with Crippen molar-refractivity contribution in [2.75, 3.05) is 6.54 Å². The number of hydrogen-bond acceptors (Lipinski definition) is 4. The molecule has 1 aromatic carbocycles. The SMILES string of the molecule is O=C(NC1CCN2C(=O)C(Cc3cccs3)NC(=O)C12)c1ccccc1. The van der Waals surface area contributed by atoms with Gasteiger partial charge >= 0.3 is 0 Å². The number of carbonyl (C=O) groups is 3. The Bertz CT molecular complexity index is 822. The molecule has 3 heterocycles. The molecule has 0 bridgehead atoms. The highest BCUT2D eigenvalue weighted by Crippen LogP contribution is 2.25. The van der Waals surface area contributed by atoms with E-state index >= 15 is 0 Å². The molecule has 3 atom stereocenters. The molecular formula is C19H19N3O3S. The van der Waals surface area contributed by atoms with E-state index in [1.807, 2.05) is 23.6 Å². The van der Waals surface area contributed by atoms with Crippen LogP contribution in [-0.2, 0) is 16.0 Å². The third-order valence-electron chi connectivity index (χ3n) is 4.90. The van der Waals surface area contributed by atoms with E-state index in [0.717, 1.165) is 4.88 Å². The molecule has 7 heteroatoms. The van der Waals surface area contributed by atoms with Crippen molar-refractivity contribution in [1.82, 2.24) is 15.5 Å². The molecule has 0 saturated carbocycles. The van der Waals surface area contributed by atoms with Gasteiger partial charge in [-0.05, 0) is 30.0 Å². The van der Waals surface area contributed by atoms with Crippen LogP contribution in [-0.4, -0.2) is 47.3 Å². The minimum absolute atomic E-state index is 0.0699. The first-order chi connectivity index (χ1) is 12.6. The summed E-state index contributed by atoms with van der Waals surface area (Å²) in [5, 5.41) is 7.71. The fraction of sp³-hybridized carbons (Fsp3) is 0.316. The van der Waals surface area contributed by atoms with Crippen LogP contribution in [0.5, 0.6) is 0 Å². The molecule has 2 aliphatic rings. The van der Waals surface area contributed by atoms with Gasteiger partial charge in [0, 0.05) is 23.4 Å². The number of hydrogen-bond donors (Lipinski definition) is 2. The summed E-state index contributed by atoms with van der Waals surface area (Å²) in [5.41, 5.74) is 0.545. The number of carbonyl (C=O) groups excluding carboxylic acids is 3. The van der Waals surface area contributed by atoms with Gasteiger partial charge in [-0.3, -0.25) is 14.4 Å². The molecule has 3 unspecified atom stereocenters. The van der Waals surface area contributed by atoms with Gasteiger partial charge in [-0.15, -0.1) is 11.3 Å². The van der Waals surface area contributed by atoms with E-state index in [1.165, 1.54) is 0 Å². The van der Waals surface area contributed by atoms with Gasteiger partial charge < -0.3 is 15.5 Å². The fourth-order valence-corrected chi connectivity index (χ4v) is 4.40. The number of amides is 3. The highest BCUT2D eigenvalue weighted by Gasteiger charge is 2.48. The van der Waals surface area contributed by atoms with Crippen molar-refractivity contribution in [3.63, 3.8) is 0 Å². The van der Waals surface area contributed by atoms with Crippen LogP contribution in [0.3, 0.4) is 0 Å². The smallest absolute Gasteiger partial charge is 0.251 e. The summed E-state index contributed by atoms with van der Waals surface area (Å²) in [7, 11) is 0. The summed E-state index contributed by atoms with van der Waals surface area (Å²) >= 11 is 1.57. The van der Waals surface area contributed by atoms with Crippen molar-refractivity contribution >= 4 is 29.1 Å². The predicted molar refractivity (Wildman–Crippen MR) is 97.8 cm³/mol. The lowest BCUT2D eigenvalue weighted by Crippen LogP contribution is -2.65. The van der Waals surface area contributed by atoms with Gasteiger partial charge in [0.15, 0.2) is 0 Å². The third-order valence-corrected chi connectivity index (χ3v) is 5.80. The van der Waals surface area contributed by atoms with Crippen LogP contribution >= 0.6 is 11.3 Å². The molecule has 26 heavy (non-hydrogen) atoms. The number of rotatable bonds is 4. The minimum Gasteiger partial charge on any atom is -0.347 e. The van der Waals surface area contributed by atoms with Crippen LogP contribution < -0.4 is 10.6 Å². The summed E-state index contributed by atoms with van der Waals surface area (Å²) in [5.74, 6) is -0.486. The first kappa shape index (κ1) is 16.8. The highest BCUT2D eigenvalue weighted by molar-refractivity contribution is 7.09. The van der Waals surface area contributed by atoms with Crippen LogP contribution in [0.15, 0.2) is 47.8 Å². The van der Waals surface area contributed by atoms with Crippen molar-refractivity contribution in [2.24, 2.45) is 0 Å². The normalized spacial score (nSPS) is 24.9. The zero-order valence-electron chi connectivity index (χ0n) is 14.1. The van der Waals surface area contributed by atoms with Crippen LogP contribution in [0.25, 0.3) is 0 Å². The van der Waals surface area contributed by atoms with Crippen molar-refractivity contribution in [3.05, 3.63) is 58.3 Å². The van der Waals surface area contributed by atoms with Crippen molar-refractivity contribution < 1.29 is 14.4 Å². The molecule has 0 aliphatic carbocycles. The van der Waals surface area contributed by atoms with Gasteiger partial charge in [0.1, 0.15) is 12.1 Å². The second kappa shape index (κ2) is 6.92. The Morgan fingerprint density at radius 3 is 2.73 bits per heavy atom. The number of thiophene rings is 1. The van der Waals surface area contributed by atoms with Crippen LogP contribution in [0.1, 0.15) is 21.7 Å². The summed E-state index contributed by atoms with van der Waals surface area (Å²) in [4.78, 5) is 40.5. The Labute approximate surface area is 155 Å². The molecule has 2 aromatic rings. The Hall–Kier alpha value is -2.67. The maximum atomic E-state index is 12.8. The number of nitrogens with one attached hydrogen (secondary N) is 2. The molecular weight excluding hydrogens is 350 g/mol. The van der Waals surface area contributed by atoms with Crippen LogP contribution in [0, 0.1) is 0 Å². The molecule has 4 rings (SSSR count). The summed E-state index contributed by atoms with van der Waals surface area (Å²) < 4.78 is 0. The Kier molecular flexibility index (Phi) is 4.46. The molecule has 0 spiro atoms. The number of fused-ring (bicyclic) bond motifs is 1. The maximum Gasteiger partial charge on any atom is 0.251 e. The topological polar surface area (TPSA) is 78.5 Å². The van der Waals surface area contributed by atoms with Gasteiger partial charge in [0.2, 0.25) is 11.8 Å². The lowest BCUT2D eigenvalue weighted by molar-refractivity contribution is -0.147. The average Bonchev–Trinajstić information content (AvgIpc) is 3.30. The summed E-state index contributed by atoms with van der Waals surface area (Å²) in [6.07, 6.45) is 1.08. The largest absolute Gasteiger partial charge is 0.347 e. The zero-order chi connectivity index (χ0) is 18.1.